The second-order valence-corrected chi connectivity index (χ2v) is 4.45. The minimum absolute atomic E-state index is 0.209. The van der Waals surface area contributed by atoms with Gasteiger partial charge >= 0.3 is 5.97 Å². The van der Waals surface area contributed by atoms with Gasteiger partial charge in [0.15, 0.2) is 0 Å². The molecule has 0 spiro atoms. The van der Waals surface area contributed by atoms with E-state index in [1.807, 2.05) is 44.2 Å². The Bertz CT molecular complexity index is 547. The van der Waals surface area contributed by atoms with Gasteiger partial charge in [-0.2, -0.15) is 5.10 Å². The van der Waals surface area contributed by atoms with E-state index >= 15 is 0 Å². The number of para-hydroxylation sites is 1. The van der Waals surface area contributed by atoms with Crippen LogP contribution in [0.25, 0.3) is 5.69 Å². The number of nitrogens with zero attached hydrogens (tertiary/aromatic N) is 2. The SMILES string of the molecule is CCCCC(=O)Oc1cc(C)nn1-c1ccccc1. The molecule has 0 saturated heterocycles. The van der Waals surface area contributed by atoms with Crippen LogP contribution in [0.15, 0.2) is 36.4 Å². The number of esters is 1. The van der Waals surface area contributed by atoms with Gasteiger partial charge in [-0.1, -0.05) is 31.5 Å². The van der Waals surface area contributed by atoms with Crippen LogP contribution < -0.4 is 4.74 Å². The number of unbranched alkanes of at least 4 members (excludes halogenated alkanes) is 1. The predicted molar refractivity (Wildman–Crippen MR) is 73.5 cm³/mol. The minimum atomic E-state index is -0.209. The van der Waals surface area contributed by atoms with Crippen LogP contribution in [0, 0.1) is 6.92 Å². The van der Waals surface area contributed by atoms with Gasteiger partial charge in [-0.05, 0) is 25.5 Å². The van der Waals surface area contributed by atoms with E-state index in [1.54, 1.807) is 10.7 Å². The van der Waals surface area contributed by atoms with Crippen LogP contribution in [-0.2, 0) is 4.79 Å². The normalized spacial score (nSPS) is 10.4. The van der Waals surface area contributed by atoms with Gasteiger partial charge in [0.25, 0.3) is 0 Å². The Morgan fingerprint density at radius 1 is 1.32 bits per heavy atom. The number of aromatic nitrogens is 2. The highest BCUT2D eigenvalue weighted by Crippen LogP contribution is 2.19. The van der Waals surface area contributed by atoms with Crippen molar-refractivity contribution in [1.82, 2.24) is 9.78 Å². The second-order valence-electron chi connectivity index (χ2n) is 4.45. The van der Waals surface area contributed by atoms with Crippen LogP contribution in [-0.4, -0.2) is 15.7 Å². The van der Waals surface area contributed by atoms with Gasteiger partial charge in [0.2, 0.25) is 5.88 Å². The molecule has 0 amide bonds. The Hall–Kier alpha value is -2.10. The van der Waals surface area contributed by atoms with E-state index in [0.717, 1.165) is 24.2 Å². The fraction of sp³-hybridized carbons (Fsp3) is 0.333. The fourth-order valence-electron chi connectivity index (χ4n) is 1.79. The molecule has 1 aromatic carbocycles. The van der Waals surface area contributed by atoms with Crippen LogP contribution in [0.5, 0.6) is 5.88 Å². The highest BCUT2D eigenvalue weighted by atomic mass is 16.5. The van der Waals surface area contributed by atoms with E-state index in [2.05, 4.69) is 5.10 Å². The Kier molecular flexibility index (Phi) is 4.34. The van der Waals surface area contributed by atoms with E-state index in [9.17, 15) is 4.79 Å². The van der Waals surface area contributed by atoms with Crippen LogP contribution in [0.2, 0.25) is 0 Å². The van der Waals surface area contributed by atoms with Crippen LogP contribution in [0.4, 0.5) is 0 Å². The summed E-state index contributed by atoms with van der Waals surface area (Å²) in [5, 5.41) is 4.35. The first-order valence-corrected chi connectivity index (χ1v) is 6.53. The van der Waals surface area contributed by atoms with Crippen molar-refractivity contribution < 1.29 is 9.53 Å². The zero-order valence-corrected chi connectivity index (χ0v) is 11.3. The van der Waals surface area contributed by atoms with Crippen molar-refractivity contribution in [3.8, 4) is 11.6 Å². The molecule has 0 N–H and O–H groups in total. The van der Waals surface area contributed by atoms with Crippen LogP contribution in [0.3, 0.4) is 0 Å². The Labute approximate surface area is 113 Å². The summed E-state index contributed by atoms with van der Waals surface area (Å²) >= 11 is 0. The average Bonchev–Trinajstić information content (AvgIpc) is 2.78. The van der Waals surface area contributed by atoms with Gasteiger partial charge in [-0.3, -0.25) is 4.79 Å². The van der Waals surface area contributed by atoms with Crippen molar-refractivity contribution in [2.45, 2.75) is 33.1 Å². The highest BCUT2D eigenvalue weighted by molar-refractivity contribution is 5.72. The maximum Gasteiger partial charge on any atom is 0.312 e. The standard InChI is InChI=1S/C15H18N2O2/c1-3-4-10-15(18)19-14-11-12(2)16-17(14)13-8-6-5-7-9-13/h5-9,11H,3-4,10H2,1-2H3. The molecule has 0 aliphatic rings. The lowest BCUT2D eigenvalue weighted by atomic mass is 10.2. The van der Waals surface area contributed by atoms with Crippen molar-refractivity contribution in [2.75, 3.05) is 0 Å². The third-order valence-electron chi connectivity index (χ3n) is 2.75. The van der Waals surface area contributed by atoms with Crippen molar-refractivity contribution in [2.24, 2.45) is 0 Å². The smallest absolute Gasteiger partial charge is 0.312 e. The topological polar surface area (TPSA) is 44.1 Å². The van der Waals surface area contributed by atoms with Gasteiger partial charge in [-0.15, -0.1) is 0 Å². The largest absolute Gasteiger partial charge is 0.407 e. The Morgan fingerprint density at radius 2 is 2.05 bits per heavy atom. The van der Waals surface area contributed by atoms with Crippen molar-refractivity contribution in [3.05, 3.63) is 42.1 Å². The molecular weight excluding hydrogens is 240 g/mol. The summed E-state index contributed by atoms with van der Waals surface area (Å²) in [5.74, 6) is 0.267. The second kappa shape index (κ2) is 6.18. The lowest BCUT2D eigenvalue weighted by Crippen LogP contribution is -2.11. The number of ether oxygens (including phenoxy) is 1. The summed E-state index contributed by atoms with van der Waals surface area (Å²) in [5.41, 5.74) is 1.70. The Balaban J connectivity index is 2.20. The third kappa shape index (κ3) is 3.44. The van der Waals surface area contributed by atoms with E-state index in [1.165, 1.54) is 0 Å². The number of hydrogen-bond donors (Lipinski definition) is 0. The third-order valence-corrected chi connectivity index (χ3v) is 2.75. The molecular formula is C15H18N2O2. The first-order valence-electron chi connectivity index (χ1n) is 6.53. The summed E-state index contributed by atoms with van der Waals surface area (Å²) in [4.78, 5) is 11.7. The van der Waals surface area contributed by atoms with Crippen LogP contribution in [0.1, 0.15) is 31.9 Å². The molecule has 2 rings (SSSR count). The molecule has 0 unspecified atom stereocenters. The average molecular weight is 258 g/mol. The van der Waals surface area contributed by atoms with E-state index in [4.69, 9.17) is 4.74 Å². The predicted octanol–water partition coefficient (Wildman–Crippen LogP) is 3.28. The van der Waals surface area contributed by atoms with Gasteiger partial charge in [0.1, 0.15) is 0 Å². The van der Waals surface area contributed by atoms with Crippen molar-refractivity contribution >= 4 is 5.97 Å². The molecule has 4 nitrogen and oxygen atoms in total. The molecule has 1 aromatic heterocycles. The molecule has 0 bridgehead atoms. The van der Waals surface area contributed by atoms with Gasteiger partial charge in [0.05, 0.1) is 11.4 Å². The van der Waals surface area contributed by atoms with Gasteiger partial charge in [0, 0.05) is 12.5 Å². The quantitative estimate of drug-likeness (QED) is 0.773. The van der Waals surface area contributed by atoms with Gasteiger partial charge in [-0.25, -0.2) is 4.68 Å². The highest BCUT2D eigenvalue weighted by Gasteiger charge is 2.12. The molecule has 0 aliphatic heterocycles. The number of benzene rings is 1. The van der Waals surface area contributed by atoms with Crippen molar-refractivity contribution in [1.29, 1.82) is 0 Å². The molecule has 0 saturated carbocycles. The zero-order valence-electron chi connectivity index (χ0n) is 11.3. The van der Waals surface area contributed by atoms with Crippen LogP contribution >= 0.6 is 0 Å². The first-order chi connectivity index (χ1) is 9.20. The van der Waals surface area contributed by atoms with E-state index in [0.29, 0.717) is 12.3 Å². The summed E-state index contributed by atoms with van der Waals surface area (Å²) < 4.78 is 7.04. The summed E-state index contributed by atoms with van der Waals surface area (Å²) in [6, 6.07) is 11.4. The zero-order chi connectivity index (χ0) is 13.7. The van der Waals surface area contributed by atoms with Crippen molar-refractivity contribution in [3.63, 3.8) is 0 Å². The molecule has 0 aliphatic carbocycles. The number of hydrogen-bond acceptors (Lipinski definition) is 3. The fourth-order valence-corrected chi connectivity index (χ4v) is 1.79. The molecule has 100 valence electrons. The number of aryl methyl sites for hydroxylation is 1. The Morgan fingerprint density at radius 3 is 2.74 bits per heavy atom. The molecule has 19 heavy (non-hydrogen) atoms. The molecule has 1 heterocycles. The van der Waals surface area contributed by atoms with E-state index in [-0.39, 0.29) is 5.97 Å². The molecule has 2 aromatic rings. The lowest BCUT2D eigenvalue weighted by molar-refractivity contribution is -0.134. The monoisotopic (exact) mass is 258 g/mol. The summed E-state index contributed by atoms with van der Waals surface area (Å²) in [6.07, 6.45) is 2.26. The van der Waals surface area contributed by atoms with Gasteiger partial charge < -0.3 is 4.74 Å². The lowest BCUT2D eigenvalue weighted by Gasteiger charge is -2.07. The first kappa shape index (κ1) is 13.3. The molecule has 0 radical (unpaired) electrons. The number of carbonyl (C=O) groups is 1. The molecule has 0 fully saturated rings. The maximum atomic E-state index is 11.7. The number of rotatable bonds is 5. The summed E-state index contributed by atoms with van der Waals surface area (Å²) in [6.45, 7) is 3.93. The molecule has 0 atom stereocenters. The summed E-state index contributed by atoms with van der Waals surface area (Å²) in [7, 11) is 0. The maximum absolute atomic E-state index is 11.7. The van der Waals surface area contributed by atoms with E-state index < -0.39 is 0 Å². The molecule has 4 heteroatoms. The minimum Gasteiger partial charge on any atom is -0.407 e. The number of carbonyl (C=O) groups excluding carboxylic acids is 1.